The second-order valence-electron chi connectivity index (χ2n) is 2.92. The summed E-state index contributed by atoms with van der Waals surface area (Å²) in [6.07, 6.45) is -1.98. The summed E-state index contributed by atoms with van der Waals surface area (Å²) in [6.45, 7) is -0.240. The van der Waals surface area contributed by atoms with Gasteiger partial charge in [-0.25, -0.2) is 13.6 Å². The number of nitrogens with two attached hydrogens (primary N) is 1. The number of pyridine rings is 1. The third-order valence-electron chi connectivity index (χ3n) is 2.03. The second kappa shape index (κ2) is 4.84. The molecule has 1 aromatic rings. The second-order valence-corrected chi connectivity index (χ2v) is 2.92. The topological polar surface area (TPSA) is 85.2 Å². The summed E-state index contributed by atoms with van der Waals surface area (Å²) in [5.41, 5.74) is 2.80. The molecule has 0 bridgehead atoms. The molecule has 1 rings (SSSR count). The molecular formula is C9H10F2N2O3. The van der Waals surface area contributed by atoms with E-state index in [0.29, 0.717) is 0 Å². The Bertz CT molecular complexity index is 457. The first-order chi connectivity index (χ1) is 7.52. The van der Waals surface area contributed by atoms with Crippen LogP contribution in [0.5, 0.6) is 0 Å². The average molecular weight is 232 g/mol. The van der Waals surface area contributed by atoms with Gasteiger partial charge in [0, 0.05) is 18.4 Å². The van der Waals surface area contributed by atoms with Crippen LogP contribution < -0.4 is 11.2 Å². The van der Waals surface area contributed by atoms with Gasteiger partial charge in [0.2, 0.25) is 5.43 Å². The van der Waals surface area contributed by atoms with Crippen molar-refractivity contribution in [3.63, 3.8) is 0 Å². The highest BCUT2D eigenvalue weighted by Gasteiger charge is 2.22. The van der Waals surface area contributed by atoms with E-state index in [2.05, 4.69) is 9.72 Å². The Morgan fingerprint density at radius 3 is 2.69 bits per heavy atom. The number of rotatable bonds is 3. The molecule has 0 aromatic carbocycles. The minimum absolute atomic E-state index is 0.0901. The van der Waals surface area contributed by atoms with Gasteiger partial charge in [-0.15, -0.1) is 0 Å². The van der Waals surface area contributed by atoms with Crippen molar-refractivity contribution in [3.05, 3.63) is 33.2 Å². The molecule has 0 amide bonds. The standard InChI is InChI=1S/C9H10F2N2O3/c1-16-9(15)4-3-13-5(2-12)6(7(4)14)8(10)11/h3,8H,2,12H2,1H3,(H,13,14). The molecule has 7 heteroatoms. The Kier molecular flexibility index (Phi) is 3.73. The molecular weight excluding hydrogens is 222 g/mol. The van der Waals surface area contributed by atoms with Gasteiger partial charge in [-0.2, -0.15) is 0 Å². The van der Waals surface area contributed by atoms with E-state index in [4.69, 9.17) is 5.73 Å². The number of alkyl halides is 2. The molecule has 1 aromatic heterocycles. The fourth-order valence-corrected chi connectivity index (χ4v) is 1.25. The van der Waals surface area contributed by atoms with E-state index in [1.165, 1.54) is 0 Å². The lowest BCUT2D eigenvalue weighted by Crippen LogP contribution is -2.24. The van der Waals surface area contributed by atoms with E-state index in [1.54, 1.807) is 0 Å². The van der Waals surface area contributed by atoms with Gasteiger partial charge < -0.3 is 15.5 Å². The molecule has 0 fully saturated rings. The summed E-state index contributed by atoms with van der Waals surface area (Å²) < 4.78 is 29.5. The highest BCUT2D eigenvalue weighted by Crippen LogP contribution is 2.18. The highest BCUT2D eigenvalue weighted by molar-refractivity contribution is 5.89. The number of aromatic amines is 1. The number of methoxy groups -OCH3 is 1. The van der Waals surface area contributed by atoms with Crippen molar-refractivity contribution in [1.82, 2.24) is 4.98 Å². The number of carbonyl (C=O) groups excluding carboxylic acids is 1. The molecule has 3 N–H and O–H groups in total. The van der Waals surface area contributed by atoms with E-state index in [1.807, 2.05) is 0 Å². The van der Waals surface area contributed by atoms with E-state index in [0.717, 1.165) is 13.3 Å². The van der Waals surface area contributed by atoms with Crippen LogP contribution in [0.3, 0.4) is 0 Å². The number of H-pyrrole nitrogens is 1. The summed E-state index contributed by atoms with van der Waals surface area (Å²) in [7, 11) is 1.06. The van der Waals surface area contributed by atoms with Gasteiger partial charge in [-0.1, -0.05) is 0 Å². The molecule has 0 aliphatic heterocycles. The number of carbonyl (C=O) groups is 1. The molecule has 0 atom stereocenters. The van der Waals surface area contributed by atoms with Crippen molar-refractivity contribution in [2.45, 2.75) is 13.0 Å². The fraction of sp³-hybridized carbons (Fsp3) is 0.333. The molecule has 0 unspecified atom stereocenters. The van der Waals surface area contributed by atoms with Crippen LogP contribution in [0.2, 0.25) is 0 Å². The molecule has 5 nitrogen and oxygen atoms in total. The van der Waals surface area contributed by atoms with Gasteiger partial charge in [-0.3, -0.25) is 4.79 Å². The van der Waals surface area contributed by atoms with E-state index in [9.17, 15) is 18.4 Å². The SMILES string of the molecule is COC(=O)c1c[nH]c(CN)c(C(F)F)c1=O. The minimum atomic E-state index is -2.99. The van der Waals surface area contributed by atoms with Gasteiger partial charge in [0.05, 0.1) is 12.7 Å². The number of hydrogen-bond acceptors (Lipinski definition) is 4. The molecule has 1 heterocycles. The first-order valence-electron chi connectivity index (χ1n) is 4.33. The number of halogens is 2. The van der Waals surface area contributed by atoms with Crippen LogP contribution in [0.4, 0.5) is 8.78 Å². The Labute approximate surface area is 89.2 Å². The Morgan fingerprint density at radius 1 is 1.62 bits per heavy atom. The molecule has 0 aliphatic rings. The molecule has 0 saturated carbocycles. The molecule has 88 valence electrons. The summed E-state index contributed by atoms with van der Waals surface area (Å²) in [4.78, 5) is 25.0. The number of ether oxygens (including phenoxy) is 1. The molecule has 0 radical (unpaired) electrons. The largest absolute Gasteiger partial charge is 0.465 e. The van der Waals surface area contributed by atoms with E-state index in [-0.39, 0.29) is 12.2 Å². The summed E-state index contributed by atoms with van der Waals surface area (Å²) >= 11 is 0. The minimum Gasteiger partial charge on any atom is -0.465 e. The Morgan fingerprint density at radius 2 is 2.25 bits per heavy atom. The zero-order valence-corrected chi connectivity index (χ0v) is 8.42. The Balaban J connectivity index is 3.44. The van der Waals surface area contributed by atoms with Crippen molar-refractivity contribution in [1.29, 1.82) is 0 Å². The Hall–Kier alpha value is -1.76. The van der Waals surface area contributed by atoms with Crippen LogP contribution in [0.25, 0.3) is 0 Å². The van der Waals surface area contributed by atoms with Gasteiger partial charge in [0.1, 0.15) is 5.56 Å². The van der Waals surface area contributed by atoms with Crippen LogP contribution in [0, 0.1) is 0 Å². The smallest absolute Gasteiger partial charge is 0.343 e. The lowest BCUT2D eigenvalue weighted by atomic mass is 10.1. The number of aromatic nitrogens is 1. The van der Waals surface area contributed by atoms with E-state index >= 15 is 0 Å². The average Bonchev–Trinajstić information content (AvgIpc) is 2.26. The first kappa shape index (κ1) is 12.3. The van der Waals surface area contributed by atoms with Gasteiger partial charge >= 0.3 is 5.97 Å². The zero-order chi connectivity index (χ0) is 12.3. The number of nitrogens with one attached hydrogen (secondary N) is 1. The van der Waals surface area contributed by atoms with Crippen LogP contribution in [-0.4, -0.2) is 18.1 Å². The number of esters is 1. The quantitative estimate of drug-likeness (QED) is 0.745. The van der Waals surface area contributed by atoms with Crippen LogP contribution in [-0.2, 0) is 11.3 Å². The van der Waals surface area contributed by atoms with Crippen molar-refractivity contribution >= 4 is 5.97 Å². The lowest BCUT2D eigenvalue weighted by molar-refractivity contribution is 0.0598. The van der Waals surface area contributed by atoms with Crippen molar-refractivity contribution < 1.29 is 18.3 Å². The van der Waals surface area contributed by atoms with Crippen LogP contribution in [0.1, 0.15) is 28.0 Å². The maximum Gasteiger partial charge on any atom is 0.343 e. The monoisotopic (exact) mass is 232 g/mol. The molecule has 0 aliphatic carbocycles. The third-order valence-corrected chi connectivity index (χ3v) is 2.03. The van der Waals surface area contributed by atoms with Gasteiger partial charge in [0.15, 0.2) is 0 Å². The van der Waals surface area contributed by atoms with Gasteiger partial charge in [-0.05, 0) is 0 Å². The zero-order valence-electron chi connectivity index (χ0n) is 8.42. The fourth-order valence-electron chi connectivity index (χ4n) is 1.25. The third kappa shape index (κ3) is 2.08. The first-order valence-corrected chi connectivity index (χ1v) is 4.33. The molecule has 0 saturated heterocycles. The van der Waals surface area contributed by atoms with Crippen molar-refractivity contribution in [2.24, 2.45) is 5.73 Å². The predicted molar refractivity (Wildman–Crippen MR) is 51.3 cm³/mol. The normalized spacial score (nSPS) is 10.6. The summed E-state index contributed by atoms with van der Waals surface area (Å²) in [5, 5.41) is 0. The van der Waals surface area contributed by atoms with Crippen LogP contribution >= 0.6 is 0 Å². The van der Waals surface area contributed by atoms with Crippen molar-refractivity contribution in [2.75, 3.05) is 7.11 Å². The van der Waals surface area contributed by atoms with Crippen LogP contribution in [0.15, 0.2) is 11.0 Å². The highest BCUT2D eigenvalue weighted by atomic mass is 19.3. The summed E-state index contributed by atoms with van der Waals surface area (Å²) in [6, 6.07) is 0. The summed E-state index contributed by atoms with van der Waals surface area (Å²) in [5.74, 6) is -0.966. The van der Waals surface area contributed by atoms with E-state index < -0.39 is 29.0 Å². The molecule has 16 heavy (non-hydrogen) atoms. The number of hydrogen-bond donors (Lipinski definition) is 2. The molecule has 0 spiro atoms. The lowest BCUT2D eigenvalue weighted by Gasteiger charge is -2.07. The van der Waals surface area contributed by atoms with Crippen molar-refractivity contribution in [3.8, 4) is 0 Å². The predicted octanol–water partition coefficient (Wildman–Crippen LogP) is 0.558. The maximum absolute atomic E-state index is 12.6. The maximum atomic E-state index is 12.6. The van der Waals surface area contributed by atoms with Gasteiger partial charge in [0.25, 0.3) is 6.43 Å².